The standard InChI is InChI=1S/C18H18N2O5/c1-8-5-10(21)19(4)15-12(8)14(23)13-9(2)6-11(22)20-16(13)18(15,25)7-17(20,3)24/h5-6,24-25H,7H2,1-4H3/t17-,18-/m0/s1. The van der Waals surface area contributed by atoms with E-state index in [1.807, 2.05) is 0 Å². The van der Waals surface area contributed by atoms with Gasteiger partial charge in [-0.05, 0) is 31.9 Å². The van der Waals surface area contributed by atoms with Crippen LogP contribution < -0.4 is 11.1 Å². The van der Waals surface area contributed by atoms with E-state index in [1.165, 1.54) is 30.7 Å². The largest absolute Gasteiger partial charge is 0.377 e. The Morgan fingerprint density at radius 2 is 1.48 bits per heavy atom. The second-order valence-electron chi connectivity index (χ2n) is 7.26. The van der Waals surface area contributed by atoms with Crippen LogP contribution in [-0.4, -0.2) is 25.1 Å². The summed E-state index contributed by atoms with van der Waals surface area (Å²) in [6, 6.07) is 2.64. The summed E-state index contributed by atoms with van der Waals surface area (Å²) in [6.45, 7) is 4.69. The summed E-state index contributed by atoms with van der Waals surface area (Å²) in [6.07, 6.45) is -0.220. The summed E-state index contributed by atoms with van der Waals surface area (Å²) in [7, 11) is 1.47. The van der Waals surface area contributed by atoms with Crippen LogP contribution in [0.2, 0.25) is 0 Å². The molecule has 0 saturated heterocycles. The monoisotopic (exact) mass is 342 g/mol. The molecule has 0 aromatic carbocycles. The summed E-state index contributed by atoms with van der Waals surface area (Å²) in [5.41, 5.74) is -2.76. The Hall–Kier alpha value is -2.51. The molecule has 2 atom stereocenters. The van der Waals surface area contributed by atoms with Gasteiger partial charge in [-0.3, -0.25) is 19.0 Å². The lowest BCUT2D eigenvalue weighted by atomic mass is 9.76. The van der Waals surface area contributed by atoms with Crippen LogP contribution in [0.5, 0.6) is 0 Å². The van der Waals surface area contributed by atoms with E-state index in [0.29, 0.717) is 11.1 Å². The lowest BCUT2D eigenvalue weighted by Gasteiger charge is -2.34. The normalized spacial score (nSPS) is 26.6. The fourth-order valence-electron chi connectivity index (χ4n) is 4.45. The molecular formula is C18H18N2O5. The molecule has 0 spiro atoms. The molecule has 3 heterocycles. The Kier molecular flexibility index (Phi) is 2.79. The first-order valence-electron chi connectivity index (χ1n) is 7.99. The third kappa shape index (κ3) is 1.69. The smallest absolute Gasteiger partial charge is 0.253 e. The Morgan fingerprint density at radius 1 is 0.960 bits per heavy atom. The molecule has 0 radical (unpaired) electrons. The first-order valence-corrected chi connectivity index (χ1v) is 7.99. The molecule has 7 nitrogen and oxygen atoms in total. The molecule has 0 saturated carbocycles. The van der Waals surface area contributed by atoms with Gasteiger partial charge in [0.15, 0.2) is 11.4 Å². The van der Waals surface area contributed by atoms with Crippen LogP contribution in [-0.2, 0) is 18.4 Å². The van der Waals surface area contributed by atoms with Gasteiger partial charge < -0.3 is 14.8 Å². The molecule has 0 bridgehead atoms. The van der Waals surface area contributed by atoms with Crippen LogP contribution in [0.15, 0.2) is 21.7 Å². The van der Waals surface area contributed by atoms with Gasteiger partial charge in [-0.1, -0.05) is 0 Å². The fourth-order valence-corrected chi connectivity index (χ4v) is 4.45. The zero-order chi connectivity index (χ0) is 18.5. The number of carbonyl (C=O) groups excluding carboxylic acids is 1. The number of pyridine rings is 2. The number of aliphatic hydroxyl groups is 2. The lowest BCUT2D eigenvalue weighted by molar-refractivity contribution is -0.0514. The molecule has 0 amide bonds. The van der Waals surface area contributed by atoms with E-state index >= 15 is 0 Å². The molecule has 25 heavy (non-hydrogen) atoms. The maximum atomic E-state index is 13.2. The maximum absolute atomic E-state index is 13.2. The highest BCUT2D eigenvalue weighted by Gasteiger charge is 2.57. The van der Waals surface area contributed by atoms with Gasteiger partial charge in [0.2, 0.25) is 0 Å². The third-order valence-electron chi connectivity index (χ3n) is 5.36. The molecule has 7 heteroatoms. The van der Waals surface area contributed by atoms with Gasteiger partial charge in [0.05, 0.1) is 11.4 Å². The van der Waals surface area contributed by atoms with Crippen LogP contribution in [0.4, 0.5) is 0 Å². The lowest BCUT2D eigenvalue weighted by Crippen LogP contribution is -2.42. The van der Waals surface area contributed by atoms with Crippen LogP contribution >= 0.6 is 0 Å². The quantitative estimate of drug-likeness (QED) is 0.702. The van der Waals surface area contributed by atoms with Crippen molar-refractivity contribution in [3.05, 3.63) is 66.5 Å². The van der Waals surface area contributed by atoms with Crippen molar-refractivity contribution >= 4 is 5.78 Å². The molecule has 2 aromatic rings. The van der Waals surface area contributed by atoms with Crippen LogP contribution in [0.1, 0.15) is 51.8 Å². The molecule has 0 unspecified atom stereocenters. The highest BCUT2D eigenvalue weighted by Crippen LogP contribution is 2.50. The number of ketones is 1. The van der Waals surface area contributed by atoms with Crippen molar-refractivity contribution in [3.8, 4) is 0 Å². The fraction of sp³-hybridized carbons (Fsp3) is 0.389. The summed E-state index contributed by atoms with van der Waals surface area (Å²) in [5, 5.41) is 22.3. The molecule has 0 fully saturated rings. The minimum atomic E-state index is -1.80. The molecule has 2 N–H and O–H groups in total. The van der Waals surface area contributed by atoms with E-state index in [-0.39, 0.29) is 40.3 Å². The van der Waals surface area contributed by atoms with Crippen molar-refractivity contribution in [1.82, 2.24) is 9.13 Å². The Bertz CT molecular complexity index is 1110. The topological polar surface area (TPSA) is 102 Å². The molecule has 1 aliphatic carbocycles. The predicted octanol–water partition coefficient (Wildman–Crippen LogP) is 0.0128. The first kappa shape index (κ1) is 16.0. The Morgan fingerprint density at radius 3 is 2.08 bits per heavy atom. The number of aryl methyl sites for hydroxylation is 2. The van der Waals surface area contributed by atoms with E-state index in [4.69, 9.17) is 0 Å². The van der Waals surface area contributed by atoms with Gasteiger partial charge >= 0.3 is 0 Å². The van der Waals surface area contributed by atoms with Gasteiger partial charge in [-0.25, -0.2) is 0 Å². The second kappa shape index (κ2) is 4.36. The van der Waals surface area contributed by atoms with E-state index in [2.05, 4.69) is 0 Å². The van der Waals surface area contributed by atoms with Crippen molar-refractivity contribution in [2.45, 2.75) is 38.5 Å². The first-order chi connectivity index (χ1) is 11.5. The van der Waals surface area contributed by atoms with Gasteiger partial charge in [-0.15, -0.1) is 0 Å². The summed E-state index contributed by atoms with van der Waals surface area (Å²) >= 11 is 0. The number of hydrogen-bond donors (Lipinski definition) is 2. The van der Waals surface area contributed by atoms with Crippen molar-refractivity contribution < 1.29 is 15.0 Å². The summed E-state index contributed by atoms with van der Waals surface area (Å²) in [5.74, 6) is -0.355. The molecule has 2 aliphatic rings. The average Bonchev–Trinajstić information content (AvgIpc) is 2.69. The maximum Gasteiger partial charge on any atom is 0.253 e. The molecular weight excluding hydrogens is 324 g/mol. The minimum Gasteiger partial charge on any atom is -0.377 e. The molecule has 4 rings (SSSR count). The average molecular weight is 342 g/mol. The SMILES string of the molecule is Cc1cc(=O)n(C)c2c1C(=O)c1c(C)cc(=O)n3c1[C@]2(O)C[C@]3(C)O. The van der Waals surface area contributed by atoms with Crippen molar-refractivity contribution in [1.29, 1.82) is 0 Å². The van der Waals surface area contributed by atoms with Gasteiger partial charge in [0, 0.05) is 36.7 Å². The summed E-state index contributed by atoms with van der Waals surface area (Å²) in [4.78, 5) is 37.9. The zero-order valence-electron chi connectivity index (χ0n) is 14.4. The Labute approximate surface area is 142 Å². The van der Waals surface area contributed by atoms with Crippen molar-refractivity contribution in [3.63, 3.8) is 0 Å². The number of carbonyl (C=O) groups is 1. The van der Waals surface area contributed by atoms with Gasteiger partial charge in [-0.2, -0.15) is 0 Å². The van der Waals surface area contributed by atoms with Crippen molar-refractivity contribution in [2.75, 3.05) is 0 Å². The number of rotatable bonds is 0. The minimum absolute atomic E-state index is 0.0700. The molecule has 130 valence electrons. The van der Waals surface area contributed by atoms with E-state index in [0.717, 1.165) is 4.57 Å². The van der Waals surface area contributed by atoms with E-state index < -0.39 is 16.9 Å². The third-order valence-corrected chi connectivity index (χ3v) is 5.36. The summed E-state index contributed by atoms with van der Waals surface area (Å²) < 4.78 is 2.30. The molecule has 1 aliphatic heterocycles. The predicted molar refractivity (Wildman–Crippen MR) is 88.8 cm³/mol. The van der Waals surface area contributed by atoms with Crippen LogP contribution in [0, 0.1) is 13.8 Å². The van der Waals surface area contributed by atoms with Gasteiger partial charge in [0.1, 0.15) is 5.72 Å². The van der Waals surface area contributed by atoms with E-state index in [9.17, 15) is 24.6 Å². The Balaban J connectivity index is 2.30. The number of aromatic nitrogens is 2. The van der Waals surface area contributed by atoms with Gasteiger partial charge in [0.25, 0.3) is 11.1 Å². The highest BCUT2D eigenvalue weighted by molar-refractivity contribution is 6.14. The highest BCUT2D eigenvalue weighted by atomic mass is 16.3. The van der Waals surface area contributed by atoms with Crippen LogP contribution in [0.3, 0.4) is 0 Å². The number of nitrogens with zero attached hydrogens (tertiary/aromatic N) is 2. The zero-order valence-corrected chi connectivity index (χ0v) is 14.4. The number of fused-ring (bicyclic) bond motifs is 2. The molecule has 2 aromatic heterocycles. The van der Waals surface area contributed by atoms with Crippen molar-refractivity contribution in [2.24, 2.45) is 7.05 Å². The second-order valence-corrected chi connectivity index (χ2v) is 7.26. The van der Waals surface area contributed by atoms with E-state index in [1.54, 1.807) is 13.8 Å². The van der Waals surface area contributed by atoms with Crippen LogP contribution in [0.25, 0.3) is 0 Å². The number of hydrogen-bond acceptors (Lipinski definition) is 5.